The third-order valence-electron chi connectivity index (χ3n) is 3.14. The van der Waals surface area contributed by atoms with Crippen molar-refractivity contribution >= 4 is 16.0 Å². The summed E-state index contributed by atoms with van der Waals surface area (Å²) in [6.07, 6.45) is 0.624. The molecular weight excluding hydrogens is 298 g/mol. The predicted molar refractivity (Wildman–Crippen MR) is 73.9 cm³/mol. The van der Waals surface area contributed by atoms with Crippen molar-refractivity contribution < 1.29 is 27.4 Å². The lowest BCUT2D eigenvalue weighted by Crippen LogP contribution is -2.35. The average molecular weight is 315 g/mol. The highest BCUT2D eigenvalue weighted by Crippen LogP contribution is 2.23. The summed E-state index contributed by atoms with van der Waals surface area (Å²) in [7, 11) is -1.11. The zero-order valence-corrected chi connectivity index (χ0v) is 12.6. The summed E-state index contributed by atoms with van der Waals surface area (Å²) in [5.41, 5.74) is 0.0607. The van der Waals surface area contributed by atoms with Gasteiger partial charge >= 0.3 is 5.97 Å². The summed E-state index contributed by atoms with van der Waals surface area (Å²) in [5.74, 6) is -0.405. The van der Waals surface area contributed by atoms with Crippen molar-refractivity contribution in [3.63, 3.8) is 0 Å². The van der Waals surface area contributed by atoms with Crippen LogP contribution in [0.15, 0.2) is 23.1 Å². The van der Waals surface area contributed by atoms with E-state index < -0.39 is 16.0 Å². The van der Waals surface area contributed by atoms with Gasteiger partial charge in [0.05, 0.1) is 25.7 Å². The van der Waals surface area contributed by atoms with E-state index in [2.05, 4.69) is 9.46 Å². The second-order valence-corrected chi connectivity index (χ2v) is 6.25. The van der Waals surface area contributed by atoms with Crippen LogP contribution in [0.5, 0.6) is 5.75 Å². The van der Waals surface area contributed by atoms with E-state index in [4.69, 9.17) is 9.47 Å². The normalized spacial score (nSPS) is 18.5. The number of rotatable bonds is 5. The van der Waals surface area contributed by atoms with Gasteiger partial charge in [0.2, 0.25) is 10.0 Å². The number of sulfonamides is 1. The first-order chi connectivity index (χ1) is 9.97. The van der Waals surface area contributed by atoms with Gasteiger partial charge in [0.1, 0.15) is 11.3 Å². The van der Waals surface area contributed by atoms with Gasteiger partial charge in [-0.1, -0.05) is 0 Å². The van der Waals surface area contributed by atoms with Gasteiger partial charge in [-0.3, -0.25) is 0 Å². The molecule has 0 radical (unpaired) electrons. The van der Waals surface area contributed by atoms with Crippen LogP contribution in [0, 0.1) is 0 Å². The Morgan fingerprint density at radius 2 is 2.14 bits per heavy atom. The fourth-order valence-corrected chi connectivity index (χ4v) is 3.32. The van der Waals surface area contributed by atoms with E-state index in [1.807, 2.05) is 0 Å². The summed E-state index contributed by atoms with van der Waals surface area (Å²) in [6.45, 7) is 0.877. The maximum Gasteiger partial charge on any atom is 0.341 e. The second-order valence-electron chi connectivity index (χ2n) is 4.54. The molecule has 1 aliphatic heterocycles. The van der Waals surface area contributed by atoms with Crippen molar-refractivity contribution in [3.8, 4) is 5.75 Å². The molecule has 1 aromatic carbocycles. The van der Waals surface area contributed by atoms with Crippen LogP contribution in [0.25, 0.3) is 0 Å². The third-order valence-corrected chi connectivity index (χ3v) is 4.66. The number of esters is 1. The van der Waals surface area contributed by atoms with E-state index >= 15 is 0 Å². The molecule has 1 aromatic rings. The maximum atomic E-state index is 12.3. The molecule has 21 heavy (non-hydrogen) atoms. The third kappa shape index (κ3) is 3.52. The second kappa shape index (κ2) is 6.42. The molecule has 1 aliphatic rings. The van der Waals surface area contributed by atoms with Crippen LogP contribution < -0.4 is 9.46 Å². The van der Waals surface area contributed by atoms with Crippen molar-refractivity contribution in [2.75, 3.05) is 27.4 Å². The number of hydrogen-bond acceptors (Lipinski definition) is 6. The molecule has 0 bridgehead atoms. The number of methoxy groups -OCH3 is 2. The SMILES string of the molecule is COC(=O)c1cc(S(=O)(=O)N[C@H]2CCOC2)ccc1OC. The fraction of sp³-hybridized carbons (Fsp3) is 0.462. The summed E-state index contributed by atoms with van der Waals surface area (Å²) < 4.78 is 41.9. The number of ether oxygens (including phenoxy) is 3. The fourth-order valence-electron chi connectivity index (χ4n) is 2.04. The lowest BCUT2D eigenvalue weighted by molar-refractivity contribution is 0.0597. The van der Waals surface area contributed by atoms with Gasteiger partial charge in [0.25, 0.3) is 0 Å². The van der Waals surface area contributed by atoms with Crippen LogP contribution in [-0.4, -0.2) is 47.9 Å². The minimum Gasteiger partial charge on any atom is -0.496 e. The number of nitrogens with one attached hydrogen (secondary N) is 1. The first-order valence-corrected chi connectivity index (χ1v) is 7.82. The van der Waals surface area contributed by atoms with E-state index in [1.54, 1.807) is 0 Å². The maximum absolute atomic E-state index is 12.3. The van der Waals surface area contributed by atoms with Crippen molar-refractivity contribution in [2.45, 2.75) is 17.4 Å². The predicted octanol–water partition coefficient (Wildman–Crippen LogP) is 0.549. The van der Waals surface area contributed by atoms with Crippen molar-refractivity contribution in [1.29, 1.82) is 0 Å². The summed E-state index contributed by atoms with van der Waals surface area (Å²) in [6, 6.07) is 3.79. The Labute approximate surface area is 123 Å². The van der Waals surface area contributed by atoms with Crippen LogP contribution in [0.4, 0.5) is 0 Å². The van der Waals surface area contributed by atoms with Crippen molar-refractivity contribution in [3.05, 3.63) is 23.8 Å². The Balaban J connectivity index is 2.32. The molecule has 0 saturated carbocycles. The van der Waals surface area contributed by atoms with Crippen LogP contribution >= 0.6 is 0 Å². The molecule has 0 spiro atoms. The Morgan fingerprint density at radius 1 is 1.38 bits per heavy atom. The van der Waals surface area contributed by atoms with E-state index in [9.17, 15) is 13.2 Å². The molecule has 1 atom stereocenters. The van der Waals surface area contributed by atoms with Gasteiger partial charge in [0, 0.05) is 12.6 Å². The summed E-state index contributed by atoms with van der Waals surface area (Å²) in [5, 5.41) is 0. The number of benzene rings is 1. The number of carbonyl (C=O) groups is 1. The van der Waals surface area contributed by atoms with E-state index in [0.717, 1.165) is 0 Å². The molecule has 1 saturated heterocycles. The van der Waals surface area contributed by atoms with Crippen molar-refractivity contribution in [2.24, 2.45) is 0 Å². The van der Waals surface area contributed by atoms with Gasteiger partial charge in [-0.2, -0.15) is 0 Å². The minimum atomic E-state index is -3.73. The molecule has 116 valence electrons. The first kappa shape index (κ1) is 15.7. The molecule has 0 unspecified atom stereocenters. The Bertz CT molecular complexity index is 622. The van der Waals surface area contributed by atoms with E-state index in [0.29, 0.717) is 19.6 Å². The quantitative estimate of drug-likeness (QED) is 0.798. The van der Waals surface area contributed by atoms with Gasteiger partial charge in [-0.15, -0.1) is 0 Å². The highest BCUT2D eigenvalue weighted by molar-refractivity contribution is 7.89. The van der Waals surface area contributed by atoms with Crippen LogP contribution in [-0.2, 0) is 19.5 Å². The lowest BCUT2D eigenvalue weighted by Gasteiger charge is -2.13. The Hall–Kier alpha value is -1.64. The molecule has 1 N–H and O–H groups in total. The largest absolute Gasteiger partial charge is 0.496 e. The molecule has 0 amide bonds. The van der Waals surface area contributed by atoms with Gasteiger partial charge in [0.15, 0.2) is 0 Å². The number of carbonyl (C=O) groups excluding carboxylic acids is 1. The smallest absolute Gasteiger partial charge is 0.341 e. The average Bonchev–Trinajstić information content (AvgIpc) is 2.97. The minimum absolute atomic E-state index is 0.0180. The molecule has 1 heterocycles. The van der Waals surface area contributed by atoms with Gasteiger partial charge in [-0.25, -0.2) is 17.9 Å². The molecule has 2 rings (SSSR count). The van der Waals surface area contributed by atoms with Crippen LogP contribution in [0.2, 0.25) is 0 Å². The van der Waals surface area contributed by atoms with Crippen LogP contribution in [0.3, 0.4) is 0 Å². The highest BCUT2D eigenvalue weighted by atomic mass is 32.2. The molecular formula is C13H17NO6S. The topological polar surface area (TPSA) is 90.9 Å². The zero-order chi connectivity index (χ0) is 15.5. The standard InChI is InChI=1S/C13H17NO6S/c1-18-12-4-3-10(7-11(12)13(15)19-2)21(16,17)14-9-5-6-20-8-9/h3-4,7,9,14H,5-6,8H2,1-2H3/t9-/m0/s1. The zero-order valence-electron chi connectivity index (χ0n) is 11.8. The van der Waals surface area contributed by atoms with E-state index in [1.165, 1.54) is 32.4 Å². The lowest BCUT2D eigenvalue weighted by atomic mass is 10.2. The van der Waals surface area contributed by atoms with Crippen LogP contribution in [0.1, 0.15) is 16.8 Å². The Morgan fingerprint density at radius 3 is 2.71 bits per heavy atom. The Kier molecular flexibility index (Phi) is 4.81. The molecule has 0 aliphatic carbocycles. The molecule has 1 fully saturated rings. The number of hydrogen-bond donors (Lipinski definition) is 1. The van der Waals surface area contributed by atoms with Gasteiger partial charge in [-0.05, 0) is 24.6 Å². The monoisotopic (exact) mass is 315 g/mol. The van der Waals surface area contributed by atoms with E-state index in [-0.39, 0.29) is 22.3 Å². The van der Waals surface area contributed by atoms with Crippen molar-refractivity contribution in [1.82, 2.24) is 4.72 Å². The highest BCUT2D eigenvalue weighted by Gasteiger charge is 2.25. The molecule has 0 aromatic heterocycles. The first-order valence-electron chi connectivity index (χ1n) is 6.34. The summed E-state index contributed by atoms with van der Waals surface area (Å²) >= 11 is 0. The van der Waals surface area contributed by atoms with Gasteiger partial charge < -0.3 is 14.2 Å². The molecule has 8 heteroatoms. The molecule has 7 nitrogen and oxygen atoms in total. The summed E-state index contributed by atoms with van der Waals surface area (Å²) in [4.78, 5) is 11.7.